The Hall–Kier alpha value is -2.70. The third-order valence-corrected chi connectivity index (χ3v) is 4.67. The minimum Gasteiger partial charge on any atom is -0.354 e. The zero-order valence-electron chi connectivity index (χ0n) is 14.0. The first-order valence-electron chi connectivity index (χ1n) is 8.28. The number of hydrogen-bond donors (Lipinski definition) is 1. The molecule has 1 unspecified atom stereocenters. The molecule has 4 heterocycles. The average molecular weight is 323 g/mol. The topological polar surface area (TPSA) is 73.8 Å². The SMILES string of the molecule is Cc1ccnc(N(C)C2CCCN(c3ncnc4[nH]ccc34)C2)n1. The lowest BCUT2D eigenvalue weighted by Crippen LogP contribution is -2.47. The van der Waals surface area contributed by atoms with E-state index in [1.807, 2.05) is 31.5 Å². The average Bonchev–Trinajstić information content (AvgIpc) is 3.10. The summed E-state index contributed by atoms with van der Waals surface area (Å²) in [4.78, 5) is 25.5. The van der Waals surface area contributed by atoms with Crippen LogP contribution in [-0.2, 0) is 0 Å². The second-order valence-electron chi connectivity index (χ2n) is 6.29. The Bertz CT molecular complexity index is 844. The van der Waals surface area contributed by atoms with Gasteiger partial charge in [0.2, 0.25) is 5.95 Å². The summed E-state index contributed by atoms with van der Waals surface area (Å²) < 4.78 is 0. The van der Waals surface area contributed by atoms with Crippen molar-refractivity contribution in [1.82, 2.24) is 24.9 Å². The number of aryl methyl sites for hydroxylation is 1. The van der Waals surface area contributed by atoms with Gasteiger partial charge in [-0.1, -0.05) is 0 Å². The molecule has 1 fully saturated rings. The van der Waals surface area contributed by atoms with Crippen molar-refractivity contribution in [3.8, 4) is 0 Å². The first kappa shape index (κ1) is 14.9. The Morgan fingerprint density at radius 3 is 3.04 bits per heavy atom. The molecule has 1 saturated heterocycles. The van der Waals surface area contributed by atoms with Crippen molar-refractivity contribution in [1.29, 1.82) is 0 Å². The molecule has 3 aromatic rings. The fraction of sp³-hybridized carbons (Fsp3) is 0.412. The molecule has 0 radical (unpaired) electrons. The molecule has 1 atom stereocenters. The Labute approximate surface area is 140 Å². The van der Waals surface area contributed by atoms with Gasteiger partial charge < -0.3 is 14.8 Å². The van der Waals surface area contributed by atoms with E-state index in [0.29, 0.717) is 6.04 Å². The Kier molecular flexibility index (Phi) is 3.76. The fourth-order valence-corrected chi connectivity index (χ4v) is 3.34. The van der Waals surface area contributed by atoms with Crippen LogP contribution in [0.4, 0.5) is 11.8 Å². The largest absolute Gasteiger partial charge is 0.354 e. The maximum absolute atomic E-state index is 4.55. The van der Waals surface area contributed by atoms with Crippen LogP contribution in [0, 0.1) is 6.92 Å². The standard InChI is InChI=1S/C17H21N7/c1-12-5-7-19-17(22-12)23(2)13-4-3-9-24(10-13)16-14-6-8-18-15(14)20-11-21-16/h5-8,11,13H,3-4,9-10H2,1-2H3,(H,18,20,21). The van der Waals surface area contributed by atoms with E-state index in [9.17, 15) is 0 Å². The number of nitrogens with zero attached hydrogens (tertiary/aromatic N) is 6. The molecule has 124 valence electrons. The van der Waals surface area contributed by atoms with Gasteiger partial charge in [0.05, 0.1) is 5.39 Å². The van der Waals surface area contributed by atoms with Crippen LogP contribution in [0.5, 0.6) is 0 Å². The molecule has 24 heavy (non-hydrogen) atoms. The molecule has 7 nitrogen and oxygen atoms in total. The maximum Gasteiger partial charge on any atom is 0.225 e. The van der Waals surface area contributed by atoms with Gasteiger partial charge in [-0.15, -0.1) is 0 Å². The second-order valence-corrected chi connectivity index (χ2v) is 6.29. The third-order valence-electron chi connectivity index (χ3n) is 4.67. The number of piperidine rings is 1. The molecule has 0 aromatic carbocycles. The second kappa shape index (κ2) is 6.07. The highest BCUT2D eigenvalue weighted by molar-refractivity contribution is 5.87. The predicted molar refractivity (Wildman–Crippen MR) is 94.3 cm³/mol. The monoisotopic (exact) mass is 323 g/mol. The van der Waals surface area contributed by atoms with Gasteiger partial charge in [0.15, 0.2) is 0 Å². The van der Waals surface area contributed by atoms with Crippen LogP contribution in [0.15, 0.2) is 30.9 Å². The summed E-state index contributed by atoms with van der Waals surface area (Å²) >= 11 is 0. The van der Waals surface area contributed by atoms with Crippen LogP contribution in [0.1, 0.15) is 18.5 Å². The molecular weight excluding hydrogens is 302 g/mol. The molecule has 0 amide bonds. The molecular formula is C17H21N7. The van der Waals surface area contributed by atoms with Crippen molar-refractivity contribution in [3.05, 3.63) is 36.5 Å². The molecule has 0 bridgehead atoms. The number of anilines is 2. The van der Waals surface area contributed by atoms with Crippen molar-refractivity contribution in [2.24, 2.45) is 0 Å². The fourth-order valence-electron chi connectivity index (χ4n) is 3.34. The summed E-state index contributed by atoms with van der Waals surface area (Å²) in [5.74, 6) is 1.79. The molecule has 0 aliphatic carbocycles. The molecule has 7 heteroatoms. The lowest BCUT2D eigenvalue weighted by atomic mass is 10.0. The molecule has 0 spiro atoms. The molecule has 4 rings (SSSR count). The van der Waals surface area contributed by atoms with Gasteiger partial charge in [0, 0.05) is 44.3 Å². The van der Waals surface area contributed by atoms with E-state index >= 15 is 0 Å². The summed E-state index contributed by atoms with van der Waals surface area (Å²) in [5.41, 5.74) is 1.88. The summed E-state index contributed by atoms with van der Waals surface area (Å²) in [7, 11) is 2.08. The van der Waals surface area contributed by atoms with Crippen LogP contribution in [0.2, 0.25) is 0 Å². The zero-order chi connectivity index (χ0) is 16.5. The van der Waals surface area contributed by atoms with E-state index in [4.69, 9.17) is 0 Å². The number of fused-ring (bicyclic) bond motifs is 1. The van der Waals surface area contributed by atoms with Gasteiger partial charge in [0.1, 0.15) is 17.8 Å². The predicted octanol–water partition coefficient (Wildman–Crippen LogP) is 2.16. The third kappa shape index (κ3) is 2.66. The molecule has 1 aliphatic rings. The van der Waals surface area contributed by atoms with Gasteiger partial charge in [-0.05, 0) is 31.9 Å². The molecule has 1 aliphatic heterocycles. The highest BCUT2D eigenvalue weighted by Gasteiger charge is 2.26. The lowest BCUT2D eigenvalue weighted by molar-refractivity contribution is 0.481. The van der Waals surface area contributed by atoms with E-state index in [0.717, 1.165) is 54.4 Å². The van der Waals surface area contributed by atoms with Gasteiger partial charge in [-0.3, -0.25) is 0 Å². The van der Waals surface area contributed by atoms with Crippen molar-refractivity contribution >= 4 is 22.8 Å². The lowest BCUT2D eigenvalue weighted by Gasteiger charge is -2.38. The van der Waals surface area contributed by atoms with Gasteiger partial charge in [0.25, 0.3) is 0 Å². The highest BCUT2D eigenvalue weighted by Crippen LogP contribution is 2.27. The molecule has 0 saturated carbocycles. The number of likely N-dealkylation sites (N-methyl/N-ethyl adjacent to an activating group) is 1. The summed E-state index contributed by atoms with van der Waals surface area (Å²) in [6.45, 7) is 3.91. The normalized spacial score (nSPS) is 18.1. The smallest absolute Gasteiger partial charge is 0.225 e. The maximum atomic E-state index is 4.55. The van der Waals surface area contributed by atoms with E-state index < -0.39 is 0 Å². The van der Waals surface area contributed by atoms with Crippen LogP contribution in [-0.4, -0.2) is 51.1 Å². The van der Waals surface area contributed by atoms with Gasteiger partial charge in [-0.25, -0.2) is 19.9 Å². The van der Waals surface area contributed by atoms with E-state index in [2.05, 4.69) is 41.8 Å². The number of rotatable bonds is 3. The molecule has 3 aromatic heterocycles. The minimum atomic E-state index is 0.365. The summed E-state index contributed by atoms with van der Waals surface area (Å²) in [5, 5.41) is 1.08. The summed E-state index contributed by atoms with van der Waals surface area (Å²) in [6, 6.07) is 4.33. The van der Waals surface area contributed by atoms with Crippen molar-refractivity contribution in [3.63, 3.8) is 0 Å². The van der Waals surface area contributed by atoms with Crippen LogP contribution < -0.4 is 9.80 Å². The number of hydrogen-bond acceptors (Lipinski definition) is 6. The zero-order valence-corrected chi connectivity index (χ0v) is 14.0. The van der Waals surface area contributed by atoms with Crippen LogP contribution >= 0.6 is 0 Å². The first-order valence-corrected chi connectivity index (χ1v) is 8.28. The van der Waals surface area contributed by atoms with E-state index in [1.165, 1.54) is 0 Å². The van der Waals surface area contributed by atoms with Gasteiger partial charge in [-0.2, -0.15) is 0 Å². The van der Waals surface area contributed by atoms with E-state index in [-0.39, 0.29) is 0 Å². The van der Waals surface area contributed by atoms with Crippen LogP contribution in [0.3, 0.4) is 0 Å². The number of aromatic nitrogens is 5. The highest BCUT2D eigenvalue weighted by atomic mass is 15.3. The van der Waals surface area contributed by atoms with Crippen LogP contribution in [0.25, 0.3) is 11.0 Å². The number of H-pyrrole nitrogens is 1. The molecule has 1 N–H and O–H groups in total. The van der Waals surface area contributed by atoms with E-state index in [1.54, 1.807) is 6.33 Å². The Morgan fingerprint density at radius 2 is 2.17 bits per heavy atom. The quantitative estimate of drug-likeness (QED) is 0.796. The minimum absolute atomic E-state index is 0.365. The first-order chi connectivity index (χ1) is 11.7. The summed E-state index contributed by atoms with van der Waals surface area (Å²) in [6.07, 6.45) is 7.62. The Balaban J connectivity index is 1.58. The van der Waals surface area contributed by atoms with Gasteiger partial charge >= 0.3 is 0 Å². The van der Waals surface area contributed by atoms with Crippen molar-refractivity contribution in [2.75, 3.05) is 29.9 Å². The number of nitrogens with one attached hydrogen (secondary N) is 1. The number of aromatic amines is 1. The van der Waals surface area contributed by atoms with Crippen molar-refractivity contribution < 1.29 is 0 Å². The van der Waals surface area contributed by atoms with Crippen molar-refractivity contribution in [2.45, 2.75) is 25.8 Å². The Morgan fingerprint density at radius 1 is 1.25 bits per heavy atom.